The van der Waals surface area contributed by atoms with Gasteiger partial charge in [0.15, 0.2) is 5.65 Å². The van der Waals surface area contributed by atoms with Crippen LogP contribution in [0.1, 0.15) is 33.1 Å². The van der Waals surface area contributed by atoms with Crippen molar-refractivity contribution >= 4 is 46.5 Å². The van der Waals surface area contributed by atoms with Crippen molar-refractivity contribution in [1.29, 1.82) is 0 Å². The lowest BCUT2D eigenvalue weighted by Crippen LogP contribution is -2.52. The molecule has 2 aliphatic rings. The molecule has 0 bridgehead atoms. The number of anilines is 2. The molecule has 0 spiro atoms. The maximum atomic E-state index is 13.5. The van der Waals surface area contributed by atoms with Crippen LogP contribution in [0, 0.1) is 5.41 Å². The first-order valence-corrected chi connectivity index (χ1v) is 17.2. The molecule has 17 heteroatoms. The monoisotopic (exact) mass is 727 g/mol. The Bertz CT molecular complexity index is 1870. The lowest BCUT2D eigenvalue weighted by molar-refractivity contribution is -0.168. The molecule has 51 heavy (non-hydrogen) atoms. The van der Waals surface area contributed by atoms with Gasteiger partial charge in [-0.3, -0.25) is 24.0 Å². The topological polar surface area (TPSA) is 139 Å². The number of amides is 1. The number of nitrogens with one attached hydrogen (secondary N) is 1. The summed E-state index contributed by atoms with van der Waals surface area (Å²) in [4.78, 5) is 48.4. The summed E-state index contributed by atoms with van der Waals surface area (Å²) in [5.74, 6) is -1.18. The van der Waals surface area contributed by atoms with Crippen LogP contribution in [-0.4, -0.2) is 116 Å². The number of rotatable bonds is 12. The molecule has 0 saturated carbocycles. The Morgan fingerprint density at radius 1 is 1.04 bits per heavy atom. The standard InChI is InChI=1S/C34H40ClF2N9O5/c1-3-29(48)51-32(49)34(2)7-11-42(12-8-34)13-14-43-15-17-44(18-16-43)28(47)22-45-21-26(40-25-20-39-46-10-4-9-38-31(25)46)30(41-45)24-19-23(35)5-6-27(24)50-33(36)37/h4-6,9-10,19-21,33,40H,3,7-8,11-18,22H2,1-2H3. The van der Waals surface area contributed by atoms with E-state index in [2.05, 4.69) is 30.3 Å². The number of piperazine rings is 1. The normalized spacial score (nSPS) is 16.8. The third-order valence-corrected chi connectivity index (χ3v) is 9.66. The van der Waals surface area contributed by atoms with Gasteiger partial charge in [-0.05, 0) is 57.1 Å². The molecule has 5 heterocycles. The van der Waals surface area contributed by atoms with E-state index < -0.39 is 24.0 Å². The first-order valence-electron chi connectivity index (χ1n) is 16.9. The van der Waals surface area contributed by atoms with E-state index >= 15 is 0 Å². The number of fused-ring (bicyclic) bond motifs is 1. The minimum absolute atomic E-state index is 0.0773. The number of hydrogen-bond donors (Lipinski definition) is 1. The van der Waals surface area contributed by atoms with Crippen LogP contribution in [0.5, 0.6) is 5.75 Å². The summed E-state index contributed by atoms with van der Waals surface area (Å²) in [5.41, 5.74) is 1.32. The second-order valence-electron chi connectivity index (χ2n) is 12.9. The van der Waals surface area contributed by atoms with Crippen LogP contribution < -0.4 is 10.1 Å². The number of nitrogens with zero attached hydrogens (tertiary/aromatic N) is 8. The first kappa shape index (κ1) is 36.1. The molecule has 0 atom stereocenters. The van der Waals surface area contributed by atoms with E-state index in [4.69, 9.17) is 21.1 Å². The molecule has 1 N–H and O–H groups in total. The number of likely N-dealkylation sites (tertiary alicyclic amines) is 1. The molecular weight excluding hydrogens is 688 g/mol. The zero-order valence-electron chi connectivity index (χ0n) is 28.4. The highest BCUT2D eigenvalue weighted by Crippen LogP contribution is 2.38. The first-order chi connectivity index (χ1) is 24.5. The lowest BCUT2D eigenvalue weighted by Gasteiger charge is -2.39. The molecule has 3 aromatic heterocycles. The summed E-state index contributed by atoms with van der Waals surface area (Å²) in [6, 6.07) is 6.02. The van der Waals surface area contributed by atoms with Crippen LogP contribution in [0.25, 0.3) is 16.9 Å². The van der Waals surface area contributed by atoms with Gasteiger partial charge in [0.05, 0.1) is 17.3 Å². The molecule has 2 aliphatic heterocycles. The minimum Gasteiger partial charge on any atom is -0.434 e. The molecule has 0 aliphatic carbocycles. The number of carbonyl (C=O) groups is 3. The summed E-state index contributed by atoms with van der Waals surface area (Å²) < 4.78 is 39.6. The van der Waals surface area contributed by atoms with Crippen molar-refractivity contribution < 1.29 is 32.6 Å². The van der Waals surface area contributed by atoms with Crippen molar-refractivity contribution in [3.05, 3.63) is 54.1 Å². The molecule has 6 rings (SSSR count). The largest absolute Gasteiger partial charge is 0.434 e. The Morgan fingerprint density at radius 3 is 2.47 bits per heavy atom. The Balaban J connectivity index is 1.07. The number of aromatic nitrogens is 5. The van der Waals surface area contributed by atoms with E-state index in [1.807, 2.05) is 6.92 Å². The Labute approximate surface area is 298 Å². The molecule has 4 aromatic rings. The van der Waals surface area contributed by atoms with Gasteiger partial charge in [-0.15, -0.1) is 0 Å². The van der Waals surface area contributed by atoms with Gasteiger partial charge in [-0.2, -0.15) is 19.0 Å². The SMILES string of the molecule is CCC(=O)OC(=O)C1(C)CCN(CCN2CCN(C(=O)Cn3cc(Nc4cnn5cccnc45)c(-c4cc(Cl)ccc4OC(F)F)n3)CC2)CC1. The number of piperidine rings is 1. The molecule has 1 amide bonds. The quantitative estimate of drug-likeness (QED) is 0.165. The van der Waals surface area contributed by atoms with Gasteiger partial charge in [0, 0.05) is 74.9 Å². The molecule has 0 radical (unpaired) electrons. The summed E-state index contributed by atoms with van der Waals surface area (Å²) in [5, 5.41) is 12.5. The summed E-state index contributed by atoms with van der Waals surface area (Å²) in [7, 11) is 0. The van der Waals surface area contributed by atoms with Crippen LogP contribution in [0.15, 0.2) is 49.1 Å². The van der Waals surface area contributed by atoms with E-state index in [0.717, 1.165) is 26.2 Å². The molecule has 2 saturated heterocycles. The lowest BCUT2D eigenvalue weighted by atomic mass is 9.80. The number of esters is 2. The minimum atomic E-state index is -3.07. The summed E-state index contributed by atoms with van der Waals surface area (Å²) in [6.45, 7) is 6.03. The van der Waals surface area contributed by atoms with Crippen LogP contribution in [0.3, 0.4) is 0 Å². The van der Waals surface area contributed by atoms with E-state index in [0.29, 0.717) is 61.1 Å². The fourth-order valence-electron chi connectivity index (χ4n) is 6.25. The Hall–Kier alpha value is -4.67. The van der Waals surface area contributed by atoms with Gasteiger partial charge in [-0.1, -0.05) is 18.5 Å². The predicted octanol–water partition coefficient (Wildman–Crippen LogP) is 4.32. The predicted molar refractivity (Wildman–Crippen MR) is 184 cm³/mol. The molecule has 272 valence electrons. The van der Waals surface area contributed by atoms with Gasteiger partial charge < -0.3 is 24.6 Å². The molecule has 14 nitrogen and oxygen atoms in total. The Morgan fingerprint density at radius 2 is 1.76 bits per heavy atom. The van der Waals surface area contributed by atoms with Gasteiger partial charge >= 0.3 is 18.6 Å². The average Bonchev–Trinajstić information content (AvgIpc) is 3.72. The smallest absolute Gasteiger partial charge is 0.387 e. The van der Waals surface area contributed by atoms with Crippen molar-refractivity contribution in [2.75, 3.05) is 57.7 Å². The van der Waals surface area contributed by atoms with Crippen LogP contribution >= 0.6 is 11.6 Å². The van der Waals surface area contributed by atoms with E-state index in [9.17, 15) is 23.2 Å². The summed E-state index contributed by atoms with van der Waals surface area (Å²) in [6.07, 6.45) is 8.01. The van der Waals surface area contributed by atoms with Crippen molar-refractivity contribution in [2.45, 2.75) is 46.3 Å². The highest BCUT2D eigenvalue weighted by molar-refractivity contribution is 6.31. The highest BCUT2D eigenvalue weighted by Gasteiger charge is 2.39. The van der Waals surface area contributed by atoms with Crippen LogP contribution in [0.4, 0.5) is 20.2 Å². The maximum absolute atomic E-state index is 13.5. The van der Waals surface area contributed by atoms with Crippen LogP contribution in [-0.2, 0) is 25.7 Å². The van der Waals surface area contributed by atoms with Gasteiger partial charge in [-0.25, -0.2) is 9.50 Å². The number of ether oxygens (including phenoxy) is 2. The number of alkyl halides is 2. The molecule has 0 unspecified atom stereocenters. The van der Waals surface area contributed by atoms with Gasteiger partial charge in [0.25, 0.3) is 0 Å². The maximum Gasteiger partial charge on any atom is 0.387 e. The van der Waals surface area contributed by atoms with E-state index in [1.165, 1.54) is 22.9 Å². The van der Waals surface area contributed by atoms with Crippen molar-refractivity contribution in [3.63, 3.8) is 0 Å². The fourth-order valence-corrected chi connectivity index (χ4v) is 6.43. The third kappa shape index (κ3) is 8.63. The third-order valence-electron chi connectivity index (χ3n) is 9.43. The average molecular weight is 728 g/mol. The van der Waals surface area contributed by atoms with Gasteiger partial charge in [0.2, 0.25) is 5.91 Å². The van der Waals surface area contributed by atoms with E-state index in [1.54, 1.807) is 47.2 Å². The molecular formula is C34H40ClF2N9O5. The zero-order chi connectivity index (χ0) is 36.1. The fraction of sp³-hybridized carbons (Fsp3) is 0.471. The molecule has 2 fully saturated rings. The second-order valence-corrected chi connectivity index (χ2v) is 13.4. The summed E-state index contributed by atoms with van der Waals surface area (Å²) >= 11 is 6.27. The second kappa shape index (κ2) is 15.7. The zero-order valence-corrected chi connectivity index (χ0v) is 29.2. The Kier molecular flexibility index (Phi) is 11.1. The number of carbonyl (C=O) groups excluding carboxylic acids is 3. The van der Waals surface area contributed by atoms with Crippen molar-refractivity contribution in [2.24, 2.45) is 5.41 Å². The number of benzene rings is 1. The van der Waals surface area contributed by atoms with Crippen molar-refractivity contribution in [3.8, 4) is 17.0 Å². The number of hydrogen-bond acceptors (Lipinski definition) is 11. The van der Waals surface area contributed by atoms with Crippen molar-refractivity contribution in [1.82, 2.24) is 39.1 Å². The van der Waals surface area contributed by atoms with E-state index in [-0.39, 0.29) is 35.9 Å². The van der Waals surface area contributed by atoms with Crippen LogP contribution in [0.2, 0.25) is 5.02 Å². The highest BCUT2D eigenvalue weighted by atomic mass is 35.5. The molecule has 1 aromatic carbocycles. The number of halogens is 3. The van der Waals surface area contributed by atoms with Gasteiger partial charge in [0.1, 0.15) is 23.7 Å².